The lowest BCUT2D eigenvalue weighted by Crippen LogP contribution is -2.55. The standard InChI is InChI=1S/C15H22ClN3O/c16-13-1-3-14(4-2-13)19-8-6-18(7-9-19)11-15(17)5-10-20-12-15/h1-4H,5-12,17H2. The Morgan fingerprint density at radius 2 is 1.85 bits per heavy atom. The van der Waals surface area contributed by atoms with Crippen molar-refractivity contribution >= 4 is 17.3 Å². The SMILES string of the molecule is NC1(CN2CCN(c3ccc(Cl)cc3)CC2)CCOC1. The van der Waals surface area contributed by atoms with Crippen LogP contribution in [0.25, 0.3) is 0 Å². The third-order valence-corrected chi connectivity index (χ3v) is 4.49. The zero-order valence-corrected chi connectivity index (χ0v) is 12.5. The average molecular weight is 296 g/mol. The molecule has 1 aromatic carbocycles. The van der Waals surface area contributed by atoms with E-state index in [1.54, 1.807) is 0 Å². The van der Waals surface area contributed by atoms with Gasteiger partial charge in [-0.1, -0.05) is 11.6 Å². The van der Waals surface area contributed by atoms with Gasteiger partial charge in [0.2, 0.25) is 0 Å². The molecular weight excluding hydrogens is 274 g/mol. The minimum Gasteiger partial charge on any atom is -0.379 e. The minimum absolute atomic E-state index is 0.136. The maximum absolute atomic E-state index is 6.36. The smallest absolute Gasteiger partial charge is 0.0659 e. The number of anilines is 1. The van der Waals surface area contributed by atoms with E-state index in [4.69, 9.17) is 22.1 Å². The first-order chi connectivity index (χ1) is 9.65. The van der Waals surface area contributed by atoms with Gasteiger partial charge in [-0.15, -0.1) is 0 Å². The number of benzene rings is 1. The molecule has 1 aromatic rings. The summed E-state index contributed by atoms with van der Waals surface area (Å²) in [5, 5.41) is 0.790. The normalized spacial score (nSPS) is 28.0. The van der Waals surface area contributed by atoms with Crippen LogP contribution in [0.5, 0.6) is 0 Å². The molecule has 0 aliphatic carbocycles. The van der Waals surface area contributed by atoms with Crippen LogP contribution in [0.2, 0.25) is 5.02 Å². The molecule has 3 rings (SSSR count). The fraction of sp³-hybridized carbons (Fsp3) is 0.600. The van der Waals surface area contributed by atoms with E-state index < -0.39 is 0 Å². The highest BCUT2D eigenvalue weighted by atomic mass is 35.5. The Bertz CT molecular complexity index is 437. The Morgan fingerprint density at radius 3 is 2.45 bits per heavy atom. The largest absolute Gasteiger partial charge is 0.379 e. The van der Waals surface area contributed by atoms with Gasteiger partial charge in [-0.3, -0.25) is 4.90 Å². The first kappa shape index (κ1) is 14.1. The van der Waals surface area contributed by atoms with Gasteiger partial charge in [0.1, 0.15) is 0 Å². The Hall–Kier alpha value is -0.810. The van der Waals surface area contributed by atoms with Crippen LogP contribution >= 0.6 is 11.6 Å². The lowest BCUT2D eigenvalue weighted by Gasteiger charge is -2.39. The molecule has 2 N–H and O–H groups in total. The maximum atomic E-state index is 6.36. The van der Waals surface area contributed by atoms with Gasteiger partial charge in [0.05, 0.1) is 12.1 Å². The highest BCUT2D eigenvalue weighted by Gasteiger charge is 2.33. The molecule has 1 atom stereocenters. The number of nitrogens with zero attached hydrogens (tertiary/aromatic N) is 2. The van der Waals surface area contributed by atoms with Crippen LogP contribution in [0.1, 0.15) is 6.42 Å². The molecule has 2 aliphatic rings. The summed E-state index contributed by atoms with van der Waals surface area (Å²) >= 11 is 5.93. The summed E-state index contributed by atoms with van der Waals surface area (Å²) in [5.74, 6) is 0. The molecule has 2 aliphatic heterocycles. The van der Waals surface area contributed by atoms with Crippen LogP contribution in [0.3, 0.4) is 0 Å². The Morgan fingerprint density at radius 1 is 1.15 bits per heavy atom. The third kappa shape index (κ3) is 3.26. The number of halogens is 1. The molecule has 20 heavy (non-hydrogen) atoms. The van der Waals surface area contributed by atoms with Crippen LogP contribution < -0.4 is 10.6 Å². The van der Waals surface area contributed by atoms with Gasteiger partial charge in [0.15, 0.2) is 0 Å². The van der Waals surface area contributed by atoms with E-state index >= 15 is 0 Å². The second-order valence-corrected chi connectivity index (χ2v) is 6.34. The summed E-state index contributed by atoms with van der Waals surface area (Å²) in [7, 11) is 0. The first-order valence-corrected chi connectivity index (χ1v) is 7.62. The summed E-state index contributed by atoms with van der Waals surface area (Å²) < 4.78 is 5.43. The number of piperazine rings is 1. The second kappa shape index (κ2) is 5.90. The predicted molar refractivity (Wildman–Crippen MR) is 82.5 cm³/mol. The van der Waals surface area contributed by atoms with Crippen LogP contribution in [-0.4, -0.2) is 56.4 Å². The highest BCUT2D eigenvalue weighted by Crippen LogP contribution is 2.21. The highest BCUT2D eigenvalue weighted by molar-refractivity contribution is 6.30. The lowest BCUT2D eigenvalue weighted by atomic mass is 9.99. The molecule has 0 saturated carbocycles. The number of rotatable bonds is 3. The van der Waals surface area contributed by atoms with Crippen LogP contribution in [0.15, 0.2) is 24.3 Å². The molecule has 4 nitrogen and oxygen atoms in total. The van der Waals surface area contributed by atoms with Crippen molar-refractivity contribution in [3.63, 3.8) is 0 Å². The van der Waals surface area contributed by atoms with Gasteiger partial charge in [0, 0.05) is 50.0 Å². The van der Waals surface area contributed by atoms with Crippen LogP contribution in [0.4, 0.5) is 5.69 Å². The quantitative estimate of drug-likeness (QED) is 0.919. The fourth-order valence-corrected chi connectivity index (χ4v) is 3.14. The Balaban J connectivity index is 1.53. The molecule has 110 valence electrons. The van der Waals surface area contributed by atoms with Gasteiger partial charge < -0.3 is 15.4 Å². The van der Waals surface area contributed by atoms with E-state index in [9.17, 15) is 0 Å². The zero-order chi connectivity index (χ0) is 14.0. The Kier molecular flexibility index (Phi) is 4.17. The molecule has 5 heteroatoms. The van der Waals surface area contributed by atoms with E-state index in [1.165, 1.54) is 5.69 Å². The molecule has 2 fully saturated rings. The molecular formula is C15H22ClN3O. The third-order valence-electron chi connectivity index (χ3n) is 4.24. The molecule has 0 amide bonds. The number of ether oxygens (including phenoxy) is 1. The van der Waals surface area contributed by atoms with E-state index in [1.807, 2.05) is 12.1 Å². The molecule has 0 aromatic heterocycles. The van der Waals surface area contributed by atoms with Gasteiger partial charge in [0.25, 0.3) is 0 Å². The van der Waals surface area contributed by atoms with Crippen molar-refractivity contribution in [3.8, 4) is 0 Å². The topological polar surface area (TPSA) is 41.7 Å². The Labute approximate surface area is 125 Å². The molecule has 0 radical (unpaired) electrons. The summed E-state index contributed by atoms with van der Waals surface area (Å²) in [6, 6.07) is 8.09. The first-order valence-electron chi connectivity index (χ1n) is 7.24. The van der Waals surface area contributed by atoms with Crippen LogP contribution in [-0.2, 0) is 4.74 Å². The van der Waals surface area contributed by atoms with Gasteiger partial charge in [-0.2, -0.15) is 0 Å². The minimum atomic E-state index is -0.136. The van der Waals surface area contributed by atoms with Crippen molar-refractivity contribution in [2.24, 2.45) is 5.73 Å². The molecule has 0 bridgehead atoms. The van der Waals surface area contributed by atoms with Gasteiger partial charge in [-0.25, -0.2) is 0 Å². The van der Waals surface area contributed by atoms with Crippen molar-refractivity contribution in [2.75, 3.05) is 50.8 Å². The van der Waals surface area contributed by atoms with E-state index in [0.717, 1.165) is 50.8 Å². The monoisotopic (exact) mass is 295 g/mol. The molecule has 2 heterocycles. The van der Waals surface area contributed by atoms with E-state index in [-0.39, 0.29) is 5.54 Å². The van der Waals surface area contributed by atoms with Crippen molar-refractivity contribution < 1.29 is 4.74 Å². The molecule has 1 unspecified atom stereocenters. The number of nitrogens with two attached hydrogens (primary N) is 1. The van der Waals surface area contributed by atoms with Gasteiger partial charge >= 0.3 is 0 Å². The summed E-state index contributed by atoms with van der Waals surface area (Å²) in [6.07, 6.45) is 0.977. The average Bonchev–Trinajstić information content (AvgIpc) is 2.87. The maximum Gasteiger partial charge on any atom is 0.0659 e. The van der Waals surface area contributed by atoms with Crippen molar-refractivity contribution in [3.05, 3.63) is 29.3 Å². The van der Waals surface area contributed by atoms with Crippen molar-refractivity contribution in [1.82, 2.24) is 4.90 Å². The molecule has 0 spiro atoms. The van der Waals surface area contributed by atoms with E-state index in [0.29, 0.717) is 6.61 Å². The lowest BCUT2D eigenvalue weighted by molar-refractivity contribution is 0.149. The predicted octanol–water partition coefficient (Wildman–Crippen LogP) is 1.58. The van der Waals surface area contributed by atoms with Crippen molar-refractivity contribution in [2.45, 2.75) is 12.0 Å². The fourth-order valence-electron chi connectivity index (χ4n) is 3.01. The number of hydrogen-bond acceptors (Lipinski definition) is 4. The zero-order valence-electron chi connectivity index (χ0n) is 11.7. The number of hydrogen-bond donors (Lipinski definition) is 1. The summed E-state index contributed by atoms with van der Waals surface area (Å²) in [4.78, 5) is 4.86. The van der Waals surface area contributed by atoms with Gasteiger partial charge in [-0.05, 0) is 30.7 Å². The summed E-state index contributed by atoms with van der Waals surface area (Å²) in [6.45, 7) is 6.65. The van der Waals surface area contributed by atoms with E-state index in [2.05, 4.69) is 21.9 Å². The summed E-state index contributed by atoms with van der Waals surface area (Å²) in [5.41, 5.74) is 7.47. The molecule has 2 saturated heterocycles. The van der Waals surface area contributed by atoms with Crippen molar-refractivity contribution in [1.29, 1.82) is 0 Å². The second-order valence-electron chi connectivity index (χ2n) is 5.90. The van der Waals surface area contributed by atoms with Crippen LogP contribution in [0, 0.1) is 0 Å².